The van der Waals surface area contributed by atoms with Crippen LogP contribution in [0.1, 0.15) is 5.69 Å². The van der Waals surface area contributed by atoms with Crippen molar-refractivity contribution in [2.45, 2.75) is 18.5 Å². The molecule has 2 aromatic rings. The summed E-state index contributed by atoms with van der Waals surface area (Å²) in [5.41, 5.74) is 0.115. The van der Waals surface area contributed by atoms with Crippen LogP contribution in [0.15, 0.2) is 36.4 Å². The monoisotopic (exact) mass is 261 g/mol. The Balaban J connectivity index is 2.33. The number of para-hydroxylation sites is 1. The Kier molecular flexibility index (Phi) is 2.96. The smallest absolute Gasteiger partial charge is 0.253 e. The molecule has 1 aromatic carbocycles. The number of halogens is 5. The van der Waals surface area contributed by atoms with Gasteiger partial charge in [0.25, 0.3) is 0 Å². The molecule has 2 rings (SSSR count). The van der Waals surface area contributed by atoms with E-state index in [1.54, 1.807) is 24.3 Å². The molecule has 0 atom stereocenters. The second kappa shape index (κ2) is 4.19. The van der Waals surface area contributed by atoms with E-state index >= 15 is 0 Å². The minimum absolute atomic E-state index is 0.281. The molecule has 6 heteroatoms. The van der Waals surface area contributed by atoms with Crippen molar-refractivity contribution in [1.82, 2.24) is 4.98 Å². The summed E-state index contributed by atoms with van der Waals surface area (Å²) in [6.45, 7) is 0. The van der Waals surface area contributed by atoms with Crippen LogP contribution in [-0.2, 0) is 6.42 Å². The van der Waals surface area contributed by atoms with Gasteiger partial charge in [-0.15, -0.1) is 0 Å². The first-order chi connectivity index (χ1) is 8.29. The van der Waals surface area contributed by atoms with E-state index in [9.17, 15) is 22.0 Å². The topological polar surface area (TPSA) is 12.9 Å². The lowest BCUT2D eigenvalue weighted by Gasteiger charge is -2.19. The van der Waals surface area contributed by atoms with Crippen LogP contribution in [0.25, 0.3) is 10.9 Å². The van der Waals surface area contributed by atoms with Crippen LogP contribution in [0, 0.1) is 0 Å². The molecule has 0 spiro atoms. The highest BCUT2D eigenvalue weighted by Crippen LogP contribution is 2.37. The van der Waals surface area contributed by atoms with Crippen molar-refractivity contribution in [2.24, 2.45) is 0 Å². The van der Waals surface area contributed by atoms with E-state index in [4.69, 9.17) is 0 Å². The Morgan fingerprint density at radius 1 is 0.889 bits per heavy atom. The normalized spacial score (nSPS) is 12.9. The van der Waals surface area contributed by atoms with E-state index in [1.807, 2.05) is 0 Å². The van der Waals surface area contributed by atoms with E-state index < -0.39 is 18.5 Å². The van der Waals surface area contributed by atoms with Gasteiger partial charge in [-0.2, -0.15) is 22.0 Å². The van der Waals surface area contributed by atoms with Gasteiger partial charge in [0, 0.05) is 11.1 Å². The first-order valence-corrected chi connectivity index (χ1v) is 5.09. The zero-order chi connectivity index (χ0) is 13.4. The van der Waals surface area contributed by atoms with Crippen molar-refractivity contribution < 1.29 is 22.0 Å². The quantitative estimate of drug-likeness (QED) is 0.745. The van der Waals surface area contributed by atoms with Gasteiger partial charge in [-0.1, -0.05) is 24.3 Å². The predicted molar refractivity (Wildman–Crippen MR) is 56.4 cm³/mol. The number of rotatable bonds is 2. The fourth-order valence-electron chi connectivity index (χ4n) is 1.53. The standard InChI is InChI=1S/C12H8F5N/c13-11(14,12(15,16)17)7-9-6-5-8-3-1-2-4-10(8)18-9/h1-6H,7H2. The summed E-state index contributed by atoms with van der Waals surface area (Å²) in [5.74, 6) is -4.76. The maximum Gasteiger partial charge on any atom is 0.453 e. The van der Waals surface area contributed by atoms with Crippen molar-refractivity contribution in [3.8, 4) is 0 Å². The van der Waals surface area contributed by atoms with Gasteiger partial charge in [-0.05, 0) is 12.1 Å². The Bertz CT molecular complexity index is 562. The maximum absolute atomic E-state index is 12.9. The maximum atomic E-state index is 12.9. The van der Waals surface area contributed by atoms with Crippen molar-refractivity contribution in [1.29, 1.82) is 0 Å². The van der Waals surface area contributed by atoms with Crippen LogP contribution in [0.4, 0.5) is 22.0 Å². The zero-order valence-electron chi connectivity index (χ0n) is 9.01. The molecule has 0 aliphatic rings. The molecular weight excluding hydrogens is 253 g/mol. The van der Waals surface area contributed by atoms with Crippen LogP contribution < -0.4 is 0 Å². The van der Waals surface area contributed by atoms with Gasteiger partial charge in [0.2, 0.25) is 0 Å². The molecule has 0 aliphatic carbocycles. The van der Waals surface area contributed by atoms with Gasteiger partial charge in [0.1, 0.15) is 0 Å². The lowest BCUT2D eigenvalue weighted by molar-refractivity contribution is -0.281. The van der Waals surface area contributed by atoms with Gasteiger partial charge in [0.05, 0.1) is 11.9 Å². The van der Waals surface area contributed by atoms with E-state index in [1.165, 1.54) is 12.1 Å². The lowest BCUT2D eigenvalue weighted by Crippen LogP contribution is -2.38. The molecule has 96 valence electrons. The molecule has 0 aliphatic heterocycles. The third-order valence-corrected chi connectivity index (χ3v) is 2.47. The van der Waals surface area contributed by atoms with E-state index in [-0.39, 0.29) is 5.69 Å². The molecule has 1 aromatic heterocycles. The molecule has 0 saturated heterocycles. The lowest BCUT2D eigenvalue weighted by atomic mass is 10.1. The number of alkyl halides is 5. The van der Waals surface area contributed by atoms with E-state index in [0.717, 1.165) is 0 Å². The number of hydrogen-bond donors (Lipinski definition) is 0. The summed E-state index contributed by atoms with van der Waals surface area (Å²) in [5, 5.41) is 0.691. The van der Waals surface area contributed by atoms with E-state index in [0.29, 0.717) is 10.9 Å². The summed E-state index contributed by atoms with van der Waals surface area (Å²) in [4.78, 5) is 3.79. The molecule has 0 N–H and O–H groups in total. The van der Waals surface area contributed by atoms with Crippen molar-refractivity contribution >= 4 is 10.9 Å². The molecule has 1 nitrogen and oxygen atoms in total. The largest absolute Gasteiger partial charge is 0.453 e. The number of hydrogen-bond acceptors (Lipinski definition) is 1. The molecular formula is C12H8F5N. The molecule has 1 heterocycles. The third-order valence-electron chi connectivity index (χ3n) is 2.47. The number of aromatic nitrogens is 1. The number of fused-ring (bicyclic) bond motifs is 1. The first kappa shape index (κ1) is 12.7. The average molecular weight is 261 g/mol. The minimum Gasteiger partial charge on any atom is -0.253 e. The van der Waals surface area contributed by atoms with Gasteiger partial charge in [-0.25, -0.2) is 0 Å². The SMILES string of the molecule is FC(F)(F)C(F)(F)Cc1ccc2ccccc2n1. The van der Waals surface area contributed by atoms with Gasteiger partial charge < -0.3 is 0 Å². The summed E-state index contributed by atoms with van der Waals surface area (Å²) in [7, 11) is 0. The van der Waals surface area contributed by atoms with Crippen molar-refractivity contribution in [3.05, 3.63) is 42.1 Å². The first-order valence-electron chi connectivity index (χ1n) is 5.09. The minimum atomic E-state index is -5.56. The van der Waals surface area contributed by atoms with Gasteiger partial charge in [0.15, 0.2) is 0 Å². The summed E-state index contributed by atoms with van der Waals surface area (Å²) in [6.07, 6.45) is -7.00. The van der Waals surface area contributed by atoms with Gasteiger partial charge in [-0.3, -0.25) is 4.98 Å². The molecule has 0 saturated carbocycles. The van der Waals surface area contributed by atoms with Gasteiger partial charge >= 0.3 is 12.1 Å². The van der Waals surface area contributed by atoms with Crippen molar-refractivity contribution in [2.75, 3.05) is 0 Å². The summed E-state index contributed by atoms with van der Waals surface area (Å²) >= 11 is 0. The fourth-order valence-corrected chi connectivity index (χ4v) is 1.53. The summed E-state index contributed by atoms with van der Waals surface area (Å²) in [6, 6.07) is 9.29. The Labute approximate surface area is 99.3 Å². The van der Waals surface area contributed by atoms with Crippen LogP contribution in [0.2, 0.25) is 0 Å². The Morgan fingerprint density at radius 3 is 2.22 bits per heavy atom. The third kappa shape index (κ3) is 2.42. The zero-order valence-corrected chi connectivity index (χ0v) is 9.01. The highest BCUT2D eigenvalue weighted by Gasteiger charge is 2.57. The number of nitrogens with zero attached hydrogens (tertiary/aromatic N) is 1. The molecule has 18 heavy (non-hydrogen) atoms. The number of pyridine rings is 1. The fraction of sp³-hybridized carbons (Fsp3) is 0.250. The molecule has 0 bridgehead atoms. The highest BCUT2D eigenvalue weighted by atomic mass is 19.4. The Morgan fingerprint density at radius 2 is 1.56 bits per heavy atom. The molecule has 0 unspecified atom stereocenters. The Hall–Kier alpha value is -1.72. The van der Waals surface area contributed by atoms with Crippen LogP contribution in [0.3, 0.4) is 0 Å². The van der Waals surface area contributed by atoms with Crippen molar-refractivity contribution in [3.63, 3.8) is 0 Å². The second-order valence-electron chi connectivity index (χ2n) is 3.87. The number of benzene rings is 1. The molecule has 0 radical (unpaired) electrons. The summed E-state index contributed by atoms with van der Waals surface area (Å²) < 4.78 is 61.9. The highest BCUT2D eigenvalue weighted by molar-refractivity contribution is 5.78. The second-order valence-corrected chi connectivity index (χ2v) is 3.87. The van der Waals surface area contributed by atoms with E-state index in [2.05, 4.69) is 4.98 Å². The average Bonchev–Trinajstić information content (AvgIpc) is 2.27. The molecule has 0 fully saturated rings. The van der Waals surface area contributed by atoms with Crippen LogP contribution >= 0.6 is 0 Å². The van der Waals surface area contributed by atoms with Crippen LogP contribution in [0.5, 0.6) is 0 Å². The molecule has 0 amide bonds. The van der Waals surface area contributed by atoms with Crippen LogP contribution in [-0.4, -0.2) is 17.1 Å². The predicted octanol–water partition coefficient (Wildman–Crippen LogP) is 3.97.